The molecule has 0 radical (unpaired) electrons. The van der Waals surface area contributed by atoms with E-state index >= 15 is 0 Å². The van der Waals surface area contributed by atoms with Gasteiger partial charge in [0.15, 0.2) is 11.5 Å². The van der Waals surface area contributed by atoms with Crippen molar-refractivity contribution in [3.05, 3.63) is 75.5 Å². The highest BCUT2D eigenvalue weighted by Gasteiger charge is 2.27. The fourth-order valence-corrected chi connectivity index (χ4v) is 4.71. The van der Waals surface area contributed by atoms with Crippen LogP contribution in [0.25, 0.3) is 0 Å². The molecule has 0 aliphatic carbocycles. The first-order valence-corrected chi connectivity index (χ1v) is 11.9. The third-order valence-electron chi connectivity index (χ3n) is 5.74. The van der Waals surface area contributed by atoms with Crippen LogP contribution >= 0.6 is 11.3 Å². The maximum Gasteiger partial charge on any atom is 0.264 e. The van der Waals surface area contributed by atoms with Crippen molar-refractivity contribution in [1.29, 1.82) is 0 Å². The summed E-state index contributed by atoms with van der Waals surface area (Å²) in [7, 11) is 3.07. The Hall–Kier alpha value is -3.52. The topological polar surface area (TPSA) is 68.3 Å². The summed E-state index contributed by atoms with van der Waals surface area (Å²) in [5.74, 6) is 1.20. The molecular formula is C26H28N2O5S. The molecule has 1 fully saturated rings. The van der Waals surface area contributed by atoms with Crippen LogP contribution in [0.15, 0.2) is 54.6 Å². The molecule has 3 aromatic rings. The molecule has 7 nitrogen and oxygen atoms in total. The molecule has 1 aromatic heterocycles. The average molecular weight is 481 g/mol. The van der Waals surface area contributed by atoms with E-state index in [0.717, 1.165) is 15.3 Å². The lowest BCUT2D eigenvalue weighted by Gasteiger charge is -2.34. The van der Waals surface area contributed by atoms with Crippen molar-refractivity contribution >= 4 is 23.2 Å². The molecule has 4 rings (SSSR count). The maximum atomic E-state index is 13.2. The van der Waals surface area contributed by atoms with Gasteiger partial charge in [-0.05, 0) is 36.8 Å². The molecule has 1 aliphatic rings. The molecule has 178 valence electrons. The predicted molar refractivity (Wildman–Crippen MR) is 131 cm³/mol. The number of carbonyl (C=O) groups is 2. The molecule has 2 heterocycles. The highest BCUT2D eigenvalue weighted by atomic mass is 32.1. The van der Waals surface area contributed by atoms with Gasteiger partial charge in [0.2, 0.25) is 5.75 Å². The predicted octanol–water partition coefficient (Wildman–Crippen LogP) is 4.25. The minimum absolute atomic E-state index is 0.0217. The zero-order chi connectivity index (χ0) is 24.1. The number of rotatable bonds is 7. The number of amides is 2. The van der Waals surface area contributed by atoms with E-state index in [1.165, 1.54) is 25.6 Å². The van der Waals surface area contributed by atoms with E-state index in [1.807, 2.05) is 49.4 Å². The number of benzene rings is 2. The number of hydrogen-bond donors (Lipinski definition) is 0. The Labute approximate surface area is 203 Å². The van der Waals surface area contributed by atoms with E-state index in [1.54, 1.807) is 21.9 Å². The summed E-state index contributed by atoms with van der Waals surface area (Å²) in [6.07, 6.45) is 0. The van der Waals surface area contributed by atoms with Crippen molar-refractivity contribution in [2.75, 3.05) is 40.4 Å². The van der Waals surface area contributed by atoms with Crippen LogP contribution in [0.5, 0.6) is 17.2 Å². The maximum absolute atomic E-state index is 13.2. The Morgan fingerprint density at radius 1 is 0.853 bits per heavy atom. The summed E-state index contributed by atoms with van der Waals surface area (Å²) in [6, 6.07) is 17.0. The fraction of sp³-hybridized carbons (Fsp3) is 0.308. The zero-order valence-electron chi connectivity index (χ0n) is 19.6. The zero-order valence-corrected chi connectivity index (χ0v) is 20.4. The molecular weight excluding hydrogens is 452 g/mol. The molecule has 0 N–H and O–H groups in total. The highest BCUT2D eigenvalue weighted by molar-refractivity contribution is 7.13. The normalized spacial score (nSPS) is 13.5. The van der Waals surface area contributed by atoms with E-state index in [4.69, 9.17) is 14.2 Å². The molecule has 0 spiro atoms. The molecule has 34 heavy (non-hydrogen) atoms. The van der Waals surface area contributed by atoms with E-state index in [2.05, 4.69) is 0 Å². The van der Waals surface area contributed by atoms with Crippen LogP contribution in [0.4, 0.5) is 0 Å². The number of ether oxygens (including phenoxy) is 3. The standard InChI is InChI=1S/C26H28N2O5S/c1-18-9-10-23(34-18)26(30)28-13-11-27(12-14-28)25(29)20-15-21(31-2)24(22(16-20)32-3)33-17-19-7-5-4-6-8-19/h4-10,15-16H,11-14,17H2,1-3H3. The van der Waals surface area contributed by atoms with Gasteiger partial charge in [-0.25, -0.2) is 0 Å². The van der Waals surface area contributed by atoms with Crippen LogP contribution in [0.1, 0.15) is 30.5 Å². The van der Waals surface area contributed by atoms with E-state index in [9.17, 15) is 9.59 Å². The van der Waals surface area contributed by atoms with Crippen molar-refractivity contribution < 1.29 is 23.8 Å². The van der Waals surface area contributed by atoms with Gasteiger partial charge in [-0.1, -0.05) is 30.3 Å². The smallest absolute Gasteiger partial charge is 0.264 e. The second kappa shape index (κ2) is 10.6. The molecule has 0 atom stereocenters. The van der Waals surface area contributed by atoms with Crippen molar-refractivity contribution in [3.8, 4) is 17.2 Å². The van der Waals surface area contributed by atoms with Gasteiger partial charge in [-0.3, -0.25) is 9.59 Å². The number of nitrogens with zero attached hydrogens (tertiary/aromatic N) is 2. The van der Waals surface area contributed by atoms with Gasteiger partial charge in [0.05, 0.1) is 19.1 Å². The third kappa shape index (κ3) is 5.17. The third-order valence-corrected chi connectivity index (χ3v) is 6.73. The van der Waals surface area contributed by atoms with Gasteiger partial charge < -0.3 is 24.0 Å². The monoisotopic (exact) mass is 480 g/mol. The molecule has 2 aromatic carbocycles. The summed E-state index contributed by atoms with van der Waals surface area (Å²) in [5.41, 5.74) is 1.46. The average Bonchev–Trinajstić information content (AvgIpc) is 3.33. The molecule has 8 heteroatoms. The summed E-state index contributed by atoms with van der Waals surface area (Å²) in [6.45, 7) is 4.25. The summed E-state index contributed by atoms with van der Waals surface area (Å²) < 4.78 is 17.0. The van der Waals surface area contributed by atoms with Crippen molar-refractivity contribution in [1.82, 2.24) is 9.80 Å². The van der Waals surface area contributed by atoms with Gasteiger partial charge in [0.25, 0.3) is 11.8 Å². The lowest BCUT2D eigenvalue weighted by Crippen LogP contribution is -2.50. The van der Waals surface area contributed by atoms with Gasteiger partial charge >= 0.3 is 0 Å². The van der Waals surface area contributed by atoms with E-state index in [-0.39, 0.29) is 11.8 Å². The van der Waals surface area contributed by atoms with E-state index in [0.29, 0.717) is 55.6 Å². The lowest BCUT2D eigenvalue weighted by molar-refractivity contribution is 0.0537. The number of piperazine rings is 1. The van der Waals surface area contributed by atoms with Crippen LogP contribution in [0, 0.1) is 6.92 Å². The van der Waals surface area contributed by atoms with Crippen molar-refractivity contribution in [2.45, 2.75) is 13.5 Å². The first-order chi connectivity index (χ1) is 16.5. The second-order valence-electron chi connectivity index (χ2n) is 7.98. The molecule has 0 unspecified atom stereocenters. The largest absolute Gasteiger partial charge is 0.493 e. The Kier molecular flexibility index (Phi) is 7.37. The SMILES string of the molecule is COc1cc(C(=O)N2CCN(C(=O)c3ccc(C)s3)CC2)cc(OC)c1OCc1ccccc1. The number of hydrogen-bond acceptors (Lipinski definition) is 6. The van der Waals surface area contributed by atoms with Crippen LogP contribution in [-0.2, 0) is 6.61 Å². The molecule has 0 saturated carbocycles. The van der Waals surface area contributed by atoms with Crippen LogP contribution in [0.3, 0.4) is 0 Å². The summed E-state index contributed by atoms with van der Waals surface area (Å²) >= 11 is 1.49. The van der Waals surface area contributed by atoms with Crippen molar-refractivity contribution in [2.24, 2.45) is 0 Å². The molecule has 1 aliphatic heterocycles. The fourth-order valence-electron chi connectivity index (χ4n) is 3.88. The number of thiophene rings is 1. The number of aryl methyl sites for hydroxylation is 1. The van der Waals surface area contributed by atoms with Gasteiger partial charge in [-0.15, -0.1) is 11.3 Å². The van der Waals surface area contributed by atoms with Gasteiger partial charge in [0, 0.05) is 36.6 Å². The number of carbonyl (C=O) groups excluding carboxylic acids is 2. The molecule has 2 amide bonds. The molecule has 1 saturated heterocycles. The minimum Gasteiger partial charge on any atom is -0.493 e. The van der Waals surface area contributed by atoms with Gasteiger partial charge in [0.1, 0.15) is 6.61 Å². The number of methoxy groups -OCH3 is 2. The summed E-state index contributed by atoms with van der Waals surface area (Å²) in [4.78, 5) is 31.4. The second-order valence-corrected chi connectivity index (χ2v) is 9.27. The Balaban J connectivity index is 1.45. The minimum atomic E-state index is -0.134. The van der Waals surface area contributed by atoms with Crippen molar-refractivity contribution in [3.63, 3.8) is 0 Å². The van der Waals surface area contributed by atoms with Gasteiger partial charge in [-0.2, -0.15) is 0 Å². The first kappa shape index (κ1) is 23.6. The van der Waals surface area contributed by atoms with Crippen LogP contribution in [-0.4, -0.2) is 62.0 Å². The van der Waals surface area contributed by atoms with Crippen LogP contribution in [0.2, 0.25) is 0 Å². The van der Waals surface area contributed by atoms with E-state index < -0.39 is 0 Å². The Bertz CT molecular complexity index is 1130. The lowest BCUT2D eigenvalue weighted by atomic mass is 10.1. The Morgan fingerprint density at radius 2 is 1.44 bits per heavy atom. The quantitative estimate of drug-likeness (QED) is 0.506. The summed E-state index contributed by atoms with van der Waals surface area (Å²) in [5, 5.41) is 0. The van der Waals surface area contributed by atoms with Crippen LogP contribution < -0.4 is 14.2 Å². The first-order valence-electron chi connectivity index (χ1n) is 11.1. The Morgan fingerprint density at radius 3 is 1.97 bits per heavy atom. The molecule has 0 bridgehead atoms. The highest BCUT2D eigenvalue weighted by Crippen LogP contribution is 2.39.